The molecule has 1 aliphatic rings. The molecule has 1 fully saturated rings. The first-order valence-corrected chi connectivity index (χ1v) is 4.67. The molecule has 8 heteroatoms. The molecule has 0 aromatic carbocycles. The summed E-state index contributed by atoms with van der Waals surface area (Å²) >= 11 is 0. The van der Waals surface area contributed by atoms with Crippen LogP contribution in [-0.4, -0.2) is 70.3 Å². The molecule has 1 rings (SSSR count). The summed E-state index contributed by atoms with van der Waals surface area (Å²) in [5, 5.41) is 39.0. The van der Waals surface area contributed by atoms with Crippen molar-refractivity contribution in [3.05, 3.63) is 0 Å². The van der Waals surface area contributed by atoms with E-state index in [-0.39, 0.29) is 0 Å². The zero-order valence-corrected chi connectivity index (χ0v) is 8.28. The van der Waals surface area contributed by atoms with Gasteiger partial charge in [-0.3, -0.25) is 4.79 Å². The summed E-state index contributed by atoms with van der Waals surface area (Å²) < 4.78 is 16.7. The number of alkyl halides is 1. The number of rotatable bonds is 3. The molecule has 5 atom stereocenters. The molecule has 0 aliphatic carbocycles. The third kappa shape index (κ3) is 2.66. The second-order valence-electron chi connectivity index (χ2n) is 3.46. The van der Waals surface area contributed by atoms with Crippen LogP contribution in [-0.2, 0) is 9.53 Å². The van der Waals surface area contributed by atoms with E-state index in [0.29, 0.717) is 0 Å². The molecular formula is C8H14FNO6. The molecule has 1 unspecified atom stereocenters. The van der Waals surface area contributed by atoms with Crippen LogP contribution in [0.15, 0.2) is 0 Å². The number of amides is 1. The highest BCUT2D eigenvalue weighted by molar-refractivity contribution is 5.77. The lowest BCUT2D eigenvalue weighted by Gasteiger charge is -2.40. The quantitative estimate of drug-likeness (QED) is 0.355. The number of carbonyl (C=O) groups is 1. The first kappa shape index (κ1) is 13.3. The van der Waals surface area contributed by atoms with Crippen molar-refractivity contribution < 1.29 is 34.3 Å². The van der Waals surface area contributed by atoms with E-state index < -0.39 is 49.8 Å². The summed E-state index contributed by atoms with van der Waals surface area (Å²) in [6.45, 7) is -1.91. The van der Waals surface area contributed by atoms with Crippen molar-refractivity contribution in [3.63, 3.8) is 0 Å². The first-order valence-electron chi connectivity index (χ1n) is 4.67. The number of hydrogen-bond acceptors (Lipinski definition) is 6. The lowest BCUT2D eigenvalue weighted by Crippen LogP contribution is -2.64. The van der Waals surface area contributed by atoms with Gasteiger partial charge in [0.25, 0.3) is 5.91 Å². The van der Waals surface area contributed by atoms with E-state index >= 15 is 0 Å². The van der Waals surface area contributed by atoms with Crippen molar-refractivity contribution >= 4 is 5.91 Å². The molecule has 7 nitrogen and oxygen atoms in total. The third-order valence-electron chi connectivity index (χ3n) is 2.35. The molecule has 1 amide bonds. The van der Waals surface area contributed by atoms with E-state index in [0.717, 1.165) is 0 Å². The molecule has 16 heavy (non-hydrogen) atoms. The van der Waals surface area contributed by atoms with Crippen molar-refractivity contribution in [1.82, 2.24) is 5.32 Å². The Labute approximate surface area is 90.5 Å². The topological polar surface area (TPSA) is 119 Å². The van der Waals surface area contributed by atoms with Gasteiger partial charge in [-0.1, -0.05) is 0 Å². The monoisotopic (exact) mass is 238 g/mol. The highest BCUT2D eigenvalue weighted by Gasteiger charge is 2.44. The van der Waals surface area contributed by atoms with Gasteiger partial charge in [0.2, 0.25) is 0 Å². The second kappa shape index (κ2) is 5.51. The summed E-state index contributed by atoms with van der Waals surface area (Å²) in [6, 6.07) is -1.33. The Bertz CT molecular complexity index is 253. The fraction of sp³-hybridized carbons (Fsp3) is 0.875. The van der Waals surface area contributed by atoms with E-state index in [1.807, 2.05) is 5.32 Å². The van der Waals surface area contributed by atoms with Gasteiger partial charge >= 0.3 is 0 Å². The summed E-state index contributed by atoms with van der Waals surface area (Å²) in [4.78, 5) is 10.7. The van der Waals surface area contributed by atoms with Gasteiger partial charge in [-0.2, -0.15) is 0 Å². The maximum atomic E-state index is 11.9. The predicted octanol–water partition coefficient (Wildman–Crippen LogP) is -3.13. The van der Waals surface area contributed by atoms with Crippen LogP contribution in [0.2, 0.25) is 0 Å². The van der Waals surface area contributed by atoms with E-state index in [9.17, 15) is 24.5 Å². The van der Waals surface area contributed by atoms with Gasteiger partial charge in [0.15, 0.2) is 13.0 Å². The predicted molar refractivity (Wildman–Crippen MR) is 47.9 cm³/mol. The molecule has 0 aromatic rings. The lowest BCUT2D eigenvalue weighted by atomic mass is 9.97. The van der Waals surface area contributed by atoms with E-state index in [4.69, 9.17) is 9.84 Å². The van der Waals surface area contributed by atoms with Crippen LogP contribution < -0.4 is 5.32 Å². The van der Waals surface area contributed by atoms with Gasteiger partial charge in [-0.25, -0.2) is 4.39 Å². The Hall–Kier alpha value is -0.800. The molecule has 94 valence electrons. The van der Waals surface area contributed by atoms with E-state index in [2.05, 4.69) is 0 Å². The number of aliphatic hydroxyl groups excluding tert-OH is 4. The van der Waals surface area contributed by atoms with Gasteiger partial charge in [0, 0.05) is 0 Å². The lowest BCUT2D eigenvalue weighted by molar-refractivity contribution is -0.253. The van der Waals surface area contributed by atoms with Crippen LogP contribution >= 0.6 is 0 Å². The van der Waals surface area contributed by atoms with Crippen LogP contribution in [0.1, 0.15) is 0 Å². The molecule has 5 N–H and O–H groups in total. The minimum Gasteiger partial charge on any atom is -0.394 e. The van der Waals surface area contributed by atoms with Gasteiger partial charge in [-0.05, 0) is 0 Å². The summed E-state index contributed by atoms with van der Waals surface area (Å²) in [6.07, 6.45) is -5.79. The number of halogens is 1. The van der Waals surface area contributed by atoms with E-state index in [1.54, 1.807) is 0 Å². The second-order valence-corrected chi connectivity index (χ2v) is 3.46. The largest absolute Gasteiger partial charge is 0.394 e. The van der Waals surface area contributed by atoms with Crippen LogP contribution in [0.4, 0.5) is 4.39 Å². The van der Waals surface area contributed by atoms with Crippen LogP contribution in [0.3, 0.4) is 0 Å². The molecule has 0 aromatic heterocycles. The summed E-state index contributed by atoms with van der Waals surface area (Å²) in [5.74, 6) is -1.04. The zero-order chi connectivity index (χ0) is 12.3. The minimum absolute atomic E-state index is 0.598. The maximum Gasteiger partial charge on any atom is 0.251 e. The fourth-order valence-electron chi connectivity index (χ4n) is 1.48. The van der Waals surface area contributed by atoms with Gasteiger partial charge < -0.3 is 30.5 Å². The highest BCUT2D eigenvalue weighted by atomic mass is 18.2. The molecule has 0 radical (unpaired) electrons. The van der Waals surface area contributed by atoms with Crippen molar-refractivity contribution in [1.29, 1.82) is 0 Å². The maximum absolute atomic E-state index is 11.9. The normalized spacial score (nSPS) is 39.4. The Kier molecular flexibility index (Phi) is 4.56. The number of ether oxygens (including phenoxy) is 1. The van der Waals surface area contributed by atoms with Gasteiger partial charge in [0.05, 0.1) is 6.61 Å². The molecule has 1 heterocycles. The molecule has 1 aliphatic heterocycles. The standard InChI is InChI=1S/C8H14FNO6/c9-1-4(12)10-5-7(14)6(13)3(2-11)16-8(5)15/h3,5-8,11,13-15H,1-2H2,(H,10,12)/t3-,5-,6-,7-,8?/m1/s1/i9-1. The summed E-state index contributed by atoms with van der Waals surface area (Å²) in [7, 11) is 0. The first-order chi connectivity index (χ1) is 7.51. The number of aliphatic hydroxyl groups is 4. The fourth-order valence-corrected chi connectivity index (χ4v) is 1.48. The van der Waals surface area contributed by atoms with Crippen LogP contribution in [0.5, 0.6) is 0 Å². The SMILES string of the molecule is O=C(C[18F])N[C@H]1C(O)O[C@H](CO)[C@@H](O)[C@@H]1O. The van der Waals surface area contributed by atoms with Crippen molar-refractivity contribution in [2.75, 3.05) is 13.3 Å². The summed E-state index contributed by atoms with van der Waals surface area (Å²) in [5.41, 5.74) is 0. The Morgan fingerprint density at radius 1 is 1.31 bits per heavy atom. The Morgan fingerprint density at radius 2 is 1.94 bits per heavy atom. The third-order valence-corrected chi connectivity index (χ3v) is 2.35. The molecule has 0 bridgehead atoms. The average molecular weight is 238 g/mol. The smallest absolute Gasteiger partial charge is 0.251 e. The van der Waals surface area contributed by atoms with Crippen LogP contribution in [0, 0.1) is 0 Å². The van der Waals surface area contributed by atoms with Gasteiger partial charge in [0.1, 0.15) is 24.4 Å². The number of nitrogens with one attached hydrogen (secondary N) is 1. The van der Waals surface area contributed by atoms with Crippen molar-refractivity contribution in [2.24, 2.45) is 0 Å². The highest BCUT2D eigenvalue weighted by Crippen LogP contribution is 2.19. The van der Waals surface area contributed by atoms with Crippen molar-refractivity contribution in [3.8, 4) is 0 Å². The molecular weight excluding hydrogens is 224 g/mol. The van der Waals surface area contributed by atoms with Crippen LogP contribution in [0.25, 0.3) is 0 Å². The van der Waals surface area contributed by atoms with Gasteiger partial charge in [-0.15, -0.1) is 0 Å². The number of carbonyl (C=O) groups excluding carboxylic acids is 1. The Morgan fingerprint density at radius 3 is 2.44 bits per heavy atom. The average Bonchev–Trinajstić information content (AvgIpc) is 2.28. The minimum atomic E-state index is -1.62. The number of hydrogen-bond donors (Lipinski definition) is 5. The Balaban J connectivity index is 2.67. The molecule has 0 saturated carbocycles. The van der Waals surface area contributed by atoms with E-state index in [1.165, 1.54) is 0 Å². The zero-order valence-electron chi connectivity index (χ0n) is 8.28. The molecule has 1 saturated heterocycles. The molecule has 0 spiro atoms. The van der Waals surface area contributed by atoms with Crippen molar-refractivity contribution in [2.45, 2.75) is 30.6 Å².